The van der Waals surface area contributed by atoms with Crippen LogP contribution in [0.2, 0.25) is 6.04 Å². The van der Waals surface area contributed by atoms with Crippen LogP contribution in [0.3, 0.4) is 0 Å². The largest absolute Gasteiger partial charge is 0.444 e. The van der Waals surface area contributed by atoms with E-state index in [0.29, 0.717) is 6.04 Å². The number of alkyl carbamates (subject to hydrolysis) is 1. The number of guanidine groups is 1. The van der Waals surface area contributed by atoms with E-state index in [4.69, 9.17) is 13.9 Å². The number of hydrogen-bond donors (Lipinski definition) is 2. The summed E-state index contributed by atoms with van der Waals surface area (Å²) in [5.41, 5.74) is 1.58. The second-order valence-corrected chi connectivity index (χ2v) is 13.9. The van der Waals surface area contributed by atoms with Crippen LogP contribution in [0.15, 0.2) is 126 Å². The Kier molecular flexibility index (Phi) is 12.3. The van der Waals surface area contributed by atoms with E-state index >= 15 is 0 Å². The first-order chi connectivity index (χ1) is 21.8. The third-order valence-electron chi connectivity index (χ3n) is 7.04. The molecule has 236 valence electrons. The number of benzene rings is 4. The lowest BCUT2D eigenvalue weighted by Crippen LogP contribution is -2.63. The van der Waals surface area contributed by atoms with Crippen molar-refractivity contribution >= 4 is 30.7 Å². The van der Waals surface area contributed by atoms with Gasteiger partial charge >= 0.3 is 12.3 Å². The molecule has 2 N–H and O–H groups in total. The zero-order chi connectivity index (χ0) is 32.0. The fraction of sp³-hybridized carbons (Fsp3) is 0.235. The van der Waals surface area contributed by atoms with Gasteiger partial charge < -0.3 is 19.2 Å². The quantitative estimate of drug-likeness (QED) is 0.0846. The molecule has 0 radical (unpaired) electrons. The van der Waals surface area contributed by atoms with E-state index in [1.54, 1.807) is 24.3 Å². The molecule has 11 heteroatoms. The number of aliphatic imine (C=N–C) groups is 1. The van der Waals surface area contributed by atoms with Gasteiger partial charge in [0.2, 0.25) is 5.96 Å². The Balaban J connectivity index is 1.53. The van der Waals surface area contributed by atoms with E-state index in [1.807, 2.05) is 104 Å². The summed E-state index contributed by atoms with van der Waals surface area (Å²) in [4.78, 5) is 16.7. The van der Waals surface area contributed by atoms with Crippen LogP contribution in [0, 0.1) is 0 Å². The van der Waals surface area contributed by atoms with Gasteiger partial charge in [-0.05, 0) is 27.5 Å². The molecule has 0 saturated heterocycles. The molecular weight excluding hydrogens is 599 g/mol. The number of carbonyl (C=O) groups excluding carboxylic acids is 1. The molecule has 4 rings (SSSR count). The number of rotatable bonds is 13. The molecule has 0 aliphatic carbocycles. The predicted molar refractivity (Wildman–Crippen MR) is 171 cm³/mol. The molecule has 0 fully saturated rings. The topological polar surface area (TPSA) is 81.2 Å². The van der Waals surface area contributed by atoms with Crippen molar-refractivity contribution in [1.82, 2.24) is 10.6 Å². The monoisotopic (exact) mass is 635 g/mol. The van der Waals surface area contributed by atoms with Gasteiger partial charge in [0.15, 0.2) is 0 Å². The van der Waals surface area contributed by atoms with Gasteiger partial charge in [-0.3, -0.25) is 5.32 Å². The normalized spacial score (nSPS) is 12.8. The summed E-state index contributed by atoms with van der Waals surface area (Å²) in [5.74, 6) is -0.449. The summed E-state index contributed by atoms with van der Waals surface area (Å²) in [6.07, 6.45) is -5.72. The van der Waals surface area contributed by atoms with E-state index in [2.05, 4.69) is 15.6 Å². The van der Waals surface area contributed by atoms with Crippen LogP contribution in [0.1, 0.15) is 18.1 Å². The van der Waals surface area contributed by atoms with Gasteiger partial charge in [-0.25, -0.2) is 9.79 Å². The van der Waals surface area contributed by atoms with E-state index in [1.165, 1.54) is 0 Å². The summed E-state index contributed by atoms with van der Waals surface area (Å²) in [6.45, 7) is 0.987. The van der Waals surface area contributed by atoms with Crippen molar-refractivity contribution in [2.24, 2.45) is 4.99 Å². The van der Waals surface area contributed by atoms with Crippen molar-refractivity contribution in [3.63, 3.8) is 0 Å². The van der Waals surface area contributed by atoms with Gasteiger partial charge in [0.25, 0.3) is 8.32 Å². The lowest BCUT2D eigenvalue weighted by molar-refractivity contribution is -0.158. The maximum atomic E-state index is 14.5. The second-order valence-electron chi connectivity index (χ2n) is 10.1. The van der Waals surface area contributed by atoms with Crippen molar-refractivity contribution in [2.75, 3.05) is 13.3 Å². The molecular formula is C34H36F3N3O4Si. The fourth-order valence-corrected chi connectivity index (χ4v) is 8.29. The molecule has 1 amide bonds. The molecule has 7 nitrogen and oxygen atoms in total. The highest BCUT2D eigenvalue weighted by atomic mass is 28.4. The smallest absolute Gasteiger partial charge is 0.414 e. The minimum Gasteiger partial charge on any atom is -0.444 e. The van der Waals surface area contributed by atoms with Crippen LogP contribution in [0.4, 0.5) is 18.0 Å². The first kappa shape index (κ1) is 33.4. The molecule has 1 unspecified atom stereocenters. The van der Waals surface area contributed by atoms with E-state index in [0.717, 1.165) is 21.5 Å². The molecule has 1 atom stereocenters. The first-order valence-electron chi connectivity index (χ1n) is 14.5. The molecule has 0 bridgehead atoms. The van der Waals surface area contributed by atoms with Crippen molar-refractivity contribution in [3.05, 3.63) is 132 Å². The minimum absolute atomic E-state index is 0.0744. The van der Waals surface area contributed by atoms with Gasteiger partial charge in [-0.15, -0.1) is 0 Å². The van der Waals surface area contributed by atoms with E-state index in [-0.39, 0.29) is 19.9 Å². The van der Waals surface area contributed by atoms with Crippen LogP contribution < -0.4 is 21.0 Å². The Bertz CT molecular complexity index is 1440. The van der Waals surface area contributed by atoms with Crippen LogP contribution >= 0.6 is 0 Å². The number of halogens is 3. The Morgan fingerprint density at radius 3 is 1.76 bits per heavy atom. The molecule has 0 aliphatic heterocycles. The second kappa shape index (κ2) is 16.6. The number of carbonyl (C=O) groups is 1. The van der Waals surface area contributed by atoms with Gasteiger partial charge in [-0.2, -0.15) is 13.2 Å². The number of hydrogen-bond acceptors (Lipinski definition) is 5. The summed E-state index contributed by atoms with van der Waals surface area (Å²) < 4.78 is 60.7. The number of amides is 1. The zero-order valence-corrected chi connectivity index (χ0v) is 25.9. The predicted octanol–water partition coefficient (Wildman–Crippen LogP) is 5.76. The summed E-state index contributed by atoms with van der Waals surface area (Å²) in [6, 6.07) is 35.1. The highest BCUT2D eigenvalue weighted by molar-refractivity contribution is 6.97. The standard InChI is InChI=1S/C34H36F3N3O4Si/c1-2-45(29-19-11-5-12-20-29,30-21-13-6-14-22-30)44-25-31(34(35,36)37)39-32(38-26-42-23-27-15-7-3-8-16-27)40-33(41)43-24-28-17-9-4-10-18-28/h3-22,31H,2,23-26H2,1H3,(H2,38,39,40,41). The average molecular weight is 636 g/mol. The third-order valence-corrected chi connectivity index (χ3v) is 11.2. The lowest BCUT2D eigenvalue weighted by Gasteiger charge is -2.34. The average Bonchev–Trinajstić information content (AvgIpc) is 3.07. The Morgan fingerprint density at radius 1 is 0.778 bits per heavy atom. The Labute approximate surface area is 262 Å². The molecule has 0 heterocycles. The Morgan fingerprint density at radius 2 is 1.27 bits per heavy atom. The molecule has 4 aromatic carbocycles. The highest BCUT2D eigenvalue weighted by Gasteiger charge is 2.45. The SMILES string of the molecule is CC[Si](OCC(NC(=NCOCc1ccccc1)NC(=O)OCc1ccccc1)C(F)(F)F)(c1ccccc1)c1ccccc1. The summed E-state index contributed by atoms with van der Waals surface area (Å²) >= 11 is 0. The molecule has 0 spiro atoms. The van der Waals surface area contributed by atoms with Crippen LogP contribution in [0.5, 0.6) is 0 Å². The third kappa shape index (κ3) is 10.0. The maximum Gasteiger partial charge on any atom is 0.414 e. The zero-order valence-electron chi connectivity index (χ0n) is 24.9. The molecule has 4 aromatic rings. The van der Waals surface area contributed by atoms with Gasteiger partial charge in [0, 0.05) is 0 Å². The Hall–Kier alpha value is -4.45. The van der Waals surface area contributed by atoms with Crippen LogP contribution in [-0.2, 0) is 27.1 Å². The van der Waals surface area contributed by atoms with Gasteiger partial charge in [-0.1, -0.05) is 128 Å². The minimum atomic E-state index is -4.75. The lowest BCUT2D eigenvalue weighted by atomic mass is 10.2. The van der Waals surface area contributed by atoms with Gasteiger partial charge in [0.1, 0.15) is 19.4 Å². The summed E-state index contributed by atoms with van der Waals surface area (Å²) in [5, 5.41) is 6.37. The molecule has 0 saturated carbocycles. The van der Waals surface area contributed by atoms with E-state index < -0.39 is 39.2 Å². The van der Waals surface area contributed by atoms with Crippen LogP contribution in [-0.4, -0.2) is 45.9 Å². The first-order valence-corrected chi connectivity index (χ1v) is 16.6. The van der Waals surface area contributed by atoms with Crippen molar-refractivity contribution in [1.29, 1.82) is 0 Å². The van der Waals surface area contributed by atoms with Crippen molar-refractivity contribution in [2.45, 2.75) is 38.4 Å². The van der Waals surface area contributed by atoms with Crippen LogP contribution in [0.25, 0.3) is 0 Å². The fourth-order valence-electron chi connectivity index (χ4n) is 4.69. The number of alkyl halides is 3. The molecule has 45 heavy (non-hydrogen) atoms. The van der Waals surface area contributed by atoms with E-state index in [9.17, 15) is 18.0 Å². The number of nitrogens with zero attached hydrogens (tertiary/aromatic N) is 1. The van der Waals surface area contributed by atoms with Crippen molar-refractivity contribution < 1.29 is 31.9 Å². The highest BCUT2D eigenvalue weighted by Crippen LogP contribution is 2.23. The number of ether oxygens (including phenoxy) is 2. The summed E-state index contributed by atoms with van der Waals surface area (Å²) in [7, 11) is -3.08. The molecule has 0 aromatic heterocycles. The maximum absolute atomic E-state index is 14.5. The van der Waals surface area contributed by atoms with Crippen molar-refractivity contribution in [3.8, 4) is 0 Å². The van der Waals surface area contributed by atoms with Gasteiger partial charge in [0.05, 0.1) is 13.2 Å². The number of nitrogens with one attached hydrogen (secondary N) is 2. The molecule has 0 aliphatic rings.